The van der Waals surface area contributed by atoms with Crippen molar-refractivity contribution in [2.45, 2.75) is 58.2 Å². The summed E-state index contributed by atoms with van der Waals surface area (Å²) in [5.41, 5.74) is -0.520. The van der Waals surface area contributed by atoms with E-state index in [0.29, 0.717) is 19.3 Å². The van der Waals surface area contributed by atoms with E-state index in [-0.39, 0.29) is 54.5 Å². The zero-order chi connectivity index (χ0) is 20.4. The third-order valence-corrected chi connectivity index (χ3v) is 8.09. The number of carbonyl (C=O) groups excluding carboxylic acids is 3. The number of fused-ring (bicyclic) bond motifs is 1. The lowest BCUT2D eigenvalue weighted by Crippen LogP contribution is -2.62. The molecule has 1 aromatic rings. The van der Waals surface area contributed by atoms with E-state index in [1.807, 2.05) is 6.07 Å². The lowest BCUT2D eigenvalue weighted by molar-refractivity contribution is -0.190. The number of ether oxygens (including phenoxy) is 3. The van der Waals surface area contributed by atoms with Gasteiger partial charge in [0.15, 0.2) is 0 Å². The van der Waals surface area contributed by atoms with Crippen LogP contribution in [0.25, 0.3) is 0 Å². The maximum atomic E-state index is 13.4. The Balaban J connectivity index is 1.59. The number of cyclic esters (lactones) is 1. The summed E-state index contributed by atoms with van der Waals surface area (Å²) in [7, 11) is 0. The third-order valence-electron chi connectivity index (χ3n) is 8.09. The summed E-state index contributed by atoms with van der Waals surface area (Å²) in [5, 5.41) is 0. The van der Waals surface area contributed by atoms with E-state index in [0.717, 1.165) is 18.4 Å². The second-order valence-electron chi connectivity index (χ2n) is 9.19. The van der Waals surface area contributed by atoms with Gasteiger partial charge in [0.1, 0.15) is 18.8 Å². The van der Waals surface area contributed by atoms with Crippen molar-refractivity contribution in [3.8, 4) is 0 Å². The van der Waals surface area contributed by atoms with E-state index in [2.05, 4.69) is 6.92 Å². The molecule has 5 rings (SSSR count). The first-order chi connectivity index (χ1) is 13.9. The van der Waals surface area contributed by atoms with Crippen LogP contribution < -0.4 is 0 Å². The van der Waals surface area contributed by atoms with Gasteiger partial charge < -0.3 is 18.6 Å². The Morgan fingerprint density at radius 1 is 1.28 bits per heavy atom. The maximum absolute atomic E-state index is 13.4. The molecule has 0 amide bonds. The van der Waals surface area contributed by atoms with Crippen molar-refractivity contribution in [3.63, 3.8) is 0 Å². The van der Waals surface area contributed by atoms with Crippen LogP contribution in [0.1, 0.15) is 57.6 Å². The molecule has 29 heavy (non-hydrogen) atoms. The van der Waals surface area contributed by atoms with Crippen LogP contribution in [0.4, 0.5) is 0 Å². The van der Waals surface area contributed by atoms with Crippen LogP contribution in [0, 0.1) is 28.6 Å². The van der Waals surface area contributed by atoms with Crippen LogP contribution in [-0.2, 0) is 28.6 Å². The molecule has 0 bridgehead atoms. The molecule has 6 unspecified atom stereocenters. The summed E-state index contributed by atoms with van der Waals surface area (Å²) >= 11 is 0. The van der Waals surface area contributed by atoms with E-state index in [1.54, 1.807) is 12.5 Å². The molecule has 2 saturated heterocycles. The highest BCUT2D eigenvalue weighted by atomic mass is 16.6. The molecule has 2 aliphatic heterocycles. The Morgan fingerprint density at radius 2 is 2.10 bits per heavy atom. The first-order valence-electron chi connectivity index (χ1n) is 10.5. The van der Waals surface area contributed by atoms with Crippen molar-refractivity contribution >= 4 is 17.9 Å². The maximum Gasteiger partial charge on any atom is 0.313 e. The van der Waals surface area contributed by atoms with E-state index < -0.39 is 10.8 Å². The molecule has 4 aliphatic rings. The zero-order valence-corrected chi connectivity index (χ0v) is 16.7. The fourth-order valence-electron chi connectivity index (χ4n) is 6.83. The molecular weight excluding hydrogens is 376 g/mol. The summed E-state index contributed by atoms with van der Waals surface area (Å²) in [6, 6.07) is 1.83. The van der Waals surface area contributed by atoms with Crippen LogP contribution in [0.3, 0.4) is 0 Å². The topological polar surface area (TPSA) is 92.0 Å². The molecule has 2 saturated carbocycles. The number of hydrogen-bond donors (Lipinski definition) is 0. The Morgan fingerprint density at radius 3 is 2.83 bits per heavy atom. The SMILES string of the molecule is CC(=O)OCC12C3CC(C)C4(CC(c5ccoc5)OC4=O)[C@H]1CCCC2C(=O)O3. The largest absolute Gasteiger partial charge is 0.472 e. The Labute approximate surface area is 169 Å². The summed E-state index contributed by atoms with van der Waals surface area (Å²) in [6.07, 6.45) is 5.98. The van der Waals surface area contributed by atoms with Gasteiger partial charge >= 0.3 is 17.9 Å². The van der Waals surface area contributed by atoms with Gasteiger partial charge in [-0.2, -0.15) is 0 Å². The molecule has 7 heteroatoms. The average molecular weight is 402 g/mol. The van der Waals surface area contributed by atoms with Crippen LogP contribution in [-0.4, -0.2) is 30.6 Å². The smallest absolute Gasteiger partial charge is 0.313 e. The van der Waals surface area contributed by atoms with Gasteiger partial charge in [0.05, 0.1) is 29.3 Å². The lowest BCUT2D eigenvalue weighted by Gasteiger charge is -2.57. The minimum absolute atomic E-state index is 0.00277. The highest BCUT2D eigenvalue weighted by Gasteiger charge is 2.74. The lowest BCUT2D eigenvalue weighted by atomic mass is 9.43. The standard InChI is InChI=1S/C22H26O7/c1-12-8-18-22(11-27-13(2)23)15(19(24)29-18)4-3-5-17(22)21(12)9-16(28-20(21)25)14-6-7-26-10-14/h6-7,10,12,15-18H,3-5,8-9,11H2,1-2H3/t12?,15?,16?,17-,18?,21?,22?/m1/s1. The Kier molecular flexibility index (Phi) is 4.09. The predicted molar refractivity (Wildman–Crippen MR) is 98.1 cm³/mol. The Bertz CT molecular complexity index is 845. The molecule has 1 spiro atoms. The highest BCUT2D eigenvalue weighted by molar-refractivity contribution is 5.83. The van der Waals surface area contributed by atoms with E-state index in [9.17, 15) is 14.4 Å². The van der Waals surface area contributed by atoms with E-state index >= 15 is 0 Å². The van der Waals surface area contributed by atoms with Crippen LogP contribution >= 0.6 is 0 Å². The molecule has 0 N–H and O–H groups in total. The molecule has 2 aliphatic carbocycles. The predicted octanol–water partition coefficient (Wildman–Crippen LogP) is 3.19. The number of furan rings is 1. The van der Waals surface area contributed by atoms with Crippen LogP contribution in [0.2, 0.25) is 0 Å². The summed E-state index contributed by atoms with van der Waals surface area (Å²) in [6.45, 7) is 3.55. The summed E-state index contributed by atoms with van der Waals surface area (Å²) < 4.78 is 22.4. The van der Waals surface area contributed by atoms with Crippen molar-refractivity contribution < 1.29 is 33.0 Å². The molecule has 4 fully saturated rings. The van der Waals surface area contributed by atoms with Crippen molar-refractivity contribution in [2.75, 3.05) is 6.61 Å². The molecule has 7 nitrogen and oxygen atoms in total. The van der Waals surface area contributed by atoms with Gasteiger partial charge in [-0.3, -0.25) is 14.4 Å². The molecule has 0 radical (unpaired) electrons. The number of esters is 3. The first-order valence-corrected chi connectivity index (χ1v) is 10.5. The van der Waals surface area contributed by atoms with Gasteiger partial charge in [-0.25, -0.2) is 0 Å². The van der Waals surface area contributed by atoms with Crippen LogP contribution in [0.15, 0.2) is 23.0 Å². The monoisotopic (exact) mass is 402 g/mol. The van der Waals surface area contributed by atoms with E-state index in [4.69, 9.17) is 18.6 Å². The van der Waals surface area contributed by atoms with Gasteiger partial charge in [-0.05, 0) is 37.2 Å². The second kappa shape index (κ2) is 6.34. The first kappa shape index (κ1) is 18.7. The number of hydrogen-bond acceptors (Lipinski definition) is 7. The van der Waals surface area contributed by atoms with Crippen molar-refractivity contribution in [1.82, 2.24) is 0 Å². The fourth-order valence-corrected chi connectivity index (χ4v) is 6.83. The van der Waals surface area contributed by atoms with Crippen molar-refractivity contribution in [3.05, 3.63) is 24.2 Å². The van der Waals surface area contributed by atoms with Gasteiger partial charge in [-0.15, -0.1) is 0 Å². The molecule has 0 aromatic carbocycles. The molecular formula is C22H26O7. The zero-order valence-electron chi connectivity index (χ0n) is 16.7. The Hall–Kier alpha value is -2.31. The van der Waals surface area contributed by atoms with Crippen molar-refractivity contribution in [2.24, 2.45) is 28.6 Å². The number of rotatable bonds is 3. The molecule has 1 aromatic heterocycles. The van der Waals surface area contributed by atoms with E-state index in [1.165, 1.54) is 6.92 Å². The quantitative estimate of drug-likeness (QED) is 0.566. The second-order valence-corrected chi connectivity index (χ2v) is 9.19. The van der Waals surface area contributed by atoms with Gasteiger partial charge in [0.2, 0.25) is 0 Å². The average Bonchev–Trinajstić information content (AvgIpc) is 3.38. The fraction of sp³-hybridized carbons (Fsp3) is 0.682. The van der Waals surface area contributed by atoms with Crippen LogP contribution in [0.5, 0.6) is 0 Å². The molecule has 3 heterocycles. The molecule has 7 atom stereocenters. The third kappa shape index (κ3) is 2.39. The van der Waals surface area contributed by atoms with Crippen molar-refractivity contribution in [1.29, 1.82) is 0 Å². The minimum Gasteiger partial charge on any atom is -0.472 e. The normalized spacial score (nSPS) is 43.0. The molecule has 156 valence electrons. The van der Waals surface area contributed by atoms with Gasteiger partial charge in [0, 0.05) is 18.9 Å². The number of carbonyl (C=O) groups is 3. The van der Waals surface area contributed by atoms with Gasteiger partial charge in [0.25, 0.3) is 0 Å². The summed E-state index contributed by atoms with van der Waals surface area (Å²) in [5.74, 6) is -1.27. The summed E-state index contributed by atoms with van der Waals surface area (Å²) in [4.78, 5) is 37.9. The van der Waals surface area contributed by atoms with Gasteiger partial charge in [-0.1, -0.05) is 13.3 Å². The highest BCUT2D eigenvalue weighted by Crippen LogP contribution is 2.69. The minimum atomic E-state index is -0.717.